The van der Waals surface area contributed by atoms with Gasteiger partial charge in [0.2, 0.25) is 0 Å². The maximum Gasteiger partial charge on any atom is 0.125 e. The molecule has 1 heterocycles. The number of aryl methyl sites for hydroxylation is 1. The van der Waals surface area contributed by atoms with Crippen LogP contribution in [0.4, 0.5) is 4.39 Å². The number of benzene rings is 1. The van der Waals surface area contributed by atoms with E-state index in [1.54, 1.807) is 0 Å². The summed E-state index contributed by atoms with van der Waals surface area (Å²) in [5.74, 6) is 1.53. The Balaban J connectivity index is 2.41. The number of halogens is 2. The van der Waals surface area contributed by atoms with E-state index in [1.807, 2.05) is 32.0 Å². The molecule has 18 heavy (non-hydrogen) atoms. The van der Waals surface area contributed by atoms with Crippen molar-refractivity contribution in [3.05, 3.63) is 56.8 Å². The van der Waals surface area contributed by atoms with Crippen LogP contribution in [0.2, 0.25) is 0 Å². The number of hydrogen-bond acceptors (Lipinski definition) is 2. The lowest BCUT2D eigenvalue weighted by Crippen LogP contribution is -2.22. The maximum atomic E-state index is 13.2. The molecule has 1 aromatic heterocycles. The zero-order chi connectivity index (χ0) is 13.1. The molecule has 0 saturated heterocycles. The van der Waals surface area contributed by atoms with Crippen molar-refractivity contribution in [2.75, 3.05) is 6.54 Å². The second-order valence-electron chi connectivity index (χ2n) is 4.10. The van der Waals surface area contributed by atoms with Gasteiger partial charge in [0.15, 0.2) is 0 Å². The van der Waals surface area contributed by atoms with Gasteiger partial charge in [-0.1, -0.05) is 13.0 Å². The summed E-state index contributed by atoms with van der Waals surface area (Å²) in [6, 6.07) is 8.70. The molecule has 0 radical (unpaired) electrons. The van der Waals surface area contributed by atoms with E-state index in [-0.39, 0.29) is 11.9 Å². The molecule has 1 atom stereocenters. The van der Waals surface area contributed by atoms with Crippen LogP contribution in [-0.4, -0.2) is 6.54 Å². The van der Waals surface area contributed by atoms with Gasteiger partial charge in [0.05, 0.1) is 6.04 Å². The molecule has 0 aliphatic heterocycles. The third kappa shape index (κ3) is 2.92. The average Bonchev–Trinajstić information content (AvgIpc) is 2.73. The largest absolute Gasteiger partial charge is 0.464 e. The Bertz CT molecular complexity index is 538. The van der Waals surface area contributed by atoms with Crippen molar-refractivity contribution in [3.8, 4) is 0 Å². The molecule has 2 rings (SSSR count). The van der Waals surface area contributed by atoms with E-state index >= 15 is 0 Å². The first-order valence-corrected chi connectivity index (χ1v) is 6.94. The Morgan fingerprint density at radius 1 is 1.33 bits per heavy atom. The zero-order valence-electron chi connectivity index (χ0n) is 10.3. The Kier molecular flexibility index (Phi) is 4.40. The summed E-state index contributed by atoms with van der Waals surface area (Å²) in [6.07, 6.45) is 0. The van der Waals surface area contributed by atoms with Crippen LogP contribution in [0.25, 0.3) is 0 Å². The second kappa shape index (κ2) is 5.84. The van der Waals surface area contributed by atoms with Crippen molar-refractivity contribution in [2.24, 2.45) is 0 Å². The van der Waals surface area contributed by atoms with Crippen LogP contribution in [-0.2, 0) is 0 Å². The van der Waals surface area contributed by atoms with Crippen molar-refractivity contribution in [3.63, 3.8) is 0 Å². The Morgan fingerprint density at radius 3 is 2.67 bits per heavy atom. The third-order valence-corrected chi connectivity index (χ3v) is 3.66. The molecule has 0 fully saturated rings. The van der Waals surface area contributed by atoms with Gasteiger partial charge in [-0.05, 0) is 65.9 Å². The van der Waals surface area contributed by atoms with Gasteiger partial charge in [-0.3, -0.25) is 0 Å². The monoisotopic (exact) mass is 359 g/mol. The molecule has 0 spiro atoms. The standard InChI is InChI=1S/C14H15FINO/c1-3-17-14(13-7-4-9(2)18-13)11-6-5-10(15)8-12(11)16/h4-8,14,17H,3H2,1-2H3. The van der Waals surface area contributed by atoms with E-state index in [0.29, 0.717) is 0 Å². The number of rotatable bonds is 4. The van der Waals surface area contributed by atoms with Crippen molar-refractivity contribution in [1.29, 1.82) is 0 Å². The Morgan fingerprint density at radius 2 is 2.11 bits per heavy atom. The smallest absolute Gasteiger partial charge is 0.125 e. The highest BCUT2D eigenvalue weighted by molar-refractivity contribution is 14.1. The summed E-state index contributed by atoms with van der Waals surface area (Å²) in [6.45, 7) is 4.78. The van der Waals surface area contributed by atoms with Crippen LogP contribution >= 0.6 is 22.6 Å². The van der Waals surface area contributed by atoms with E-state index in [0.717, 1.165) is 27.2 Å². The SMILES string of the molecule is CCNC(c1ccc(C)o1)c1ccc(F)cc1I. The lowest BCUT2D eigenvalue weighted by molar-refractivity contribution is 0.434. The minimum absolute atomic E-state index is 0.0313. The highest BCUT2D eigenvalue weighted by Gasteiger charge is 2.19. The summed E-state index contributed by atoms with van der Waals surface area (Å²) in [4.78, 5) is 0. The molecule has 0 aliphatic carbocycles. The molecule has 96 valence electrons. The van der Waals surface area contributed by atoms with Gasteiger partial charge in [0.1, 0.15) is 17.3 Å². The van der Waals surface area contributed by atoms with Gasteiger partial charge in [0.25, 0.3) is 0 Å². The van der Waals surface area contributed by atoms with Gasteiger partial charge in [-0.2, -0.15) is 0 Å². The fraction of sp³-hybridized carbons (Fsp3) is 0.286. The van der Waals surface area contributed by atoms with E-state index in [1.165, 1.54) is 12.1 Å². The van der Waals surface area contributed by atoms with Crippen LogP contribution in [0.1, 0.15) is 30.0 Å². The number of furan rings is 1. The van der Waals surface area contributed by atoms with Crippen molar-refractivity contribution in [1.82, 2.24) is 5.32 Å². The van der Waals surface area contributed by atoms with Crippen LogP contribution in [0.5, 0.6) is 0 Å². The lowest BCUT2D eigenvalue weighted by atomic mass is 10.0. The zero-order valence-corrected chi connectivity index (χ0v) is 12.5. The first kappa shape index (κ1) is 13.5. The predicted octanol–water partition coefficient (Wildman–Crippen LogP) is 4.03. The fourth-order valence-electron chi connectivity index (χ4n) is 1.91. The van der Waals surface area contributed by atoms with E-state index < -0.39 is 0 Å². The van der Waals surface area contributed by atoms with Gasteiger partial charge >= 0.3 is 0 Å². The maximum absolute atomic E-state index is 13.2. The second-order valence-corrected chi connectivity index (χ2v) is 5.27. The molecule has 1 aromatic carbocycles. The molecular formula is C14H15FINO. The number of hydrogen-bond donors (Lipinski definition) is 1. The minimum Gasteiger partial charge on any atom is -0.464 e. The van der Waals surface area contributed by atoms with Crippen LogP contribution in [0.15, 0.2) is 34.7 Å². The molecular weight excluding hydrogens is 344 g/mol. The molecule has 1 N–H and O–H groups in total. The lowest BCUT2D eigenvalue weighted by Gasteiger charge is -2.17. The highest BCUT2D eigenvalue weighted by Crippen LogP contribution is 2.28. The van der Waals surface area contributed by atoms with Crippen molar-refractivity contribution < 1.29 is 8.81 Å². The first-order valence-electron chi connectivity index (χ1n) is 5.86. The fourth-order valence-corrected chi connectivity index (χ4v) is 2.70. The normalized spacial score (nSPS) is 12.7. The summed E-state index contributed by atoms with van der Waals surface area (Å²) in [7, 11) is 0. The molecule has 2 aromatic rings. The molecule has 0 amide bonds. The summed E-state index contributed by atoms with van der Waals surface area (Å²) in [5.41, 5.74) is 1.04. The van der Waals surface area contributed by atoms with Crippen LogP contribution in [0.3, 0.4) is 0 Å². The average molecular weight is 359 g/mol. The molecule has 1 unspecified atom stereocenters. The van der Waals surface area contributed by atoms with Crippen molar-refractivity contribution in [2.45, 2.75) is 19.9 Å². The van der Waals surface area contributed by atoms with Gasteiger partial charge < -0.3 is 9.73 Å². The van der Waals surface area contributed by atoms with Gasteiger partial charge in [-0.25, -0.2) is 4.39 Å². The topological polar surface area (TPSA) is 25.2 Å². The van der Waals surface area contributed by atoms with E-state index in [9.17, 15) is 4.39 Å². The predicted molar refractivity (Wildman–Crippen MR) is 78.1 cm³/mol. The molecule has 4 heteroatoms. The number of nitrogens with one attached hydrogen (secondary N) is 1. The van der Waals surface area contributed by atoms with Gasteiger partial charge in [0, 0.05) is 3.57 Å². The van der Waals surface area contributed by atoms with Crippen LogP contribution in [0, 0.1) is 16.3 Å². The highest BCUT2D eigenvalue weighted by atomic mass is 127. The van der Waals surface area contributed by atoms with E-state index in [2.05, 4.69) is 27.9 Å². The van der Waals surface area contributed by atoms with E-state index in [4.69, 9.17) is 4.42 Å². The van der Waals surface area contributed by atoms with Gasteiger partial charge in [-0.15, -0.1) is 0 Å². The van der Waals surface area contributed by atoms with Crippen molar-refractivity contribution >= 4 is 22.6 Å². The third-order valence-electron chi connectivity index (χ3n) is 2.73. The molecule has 2 nitrogen and oxygen atoms in total. The quantitative estimate of drug-likeness (QED) is 0.834. The summed E-state index contributed by atoms with van der Waals surface area (Å²) >= 11 is 2.15. The summed E-state index contributed by atoms with van der Waals surface area (Å²) in [5, 5.41) is 3.37. The Labute approximate surface area is 120 Å². The molecule has 0 saturated carbocycles. The van der Waals surface area contributed by atoms with Crippen LogP contribution < -0.4 is 5.32 Å². The molecule has 0 bridgehead atoms. The first-order chi connectivity index (χ1) is 8.61. The Hall–Kier alpha value is -0.880. The summed E-state index contributed by atoms with van der Waals surface area (Å²) < 4.78 is 19.7. The minimum atomic E-state index is -0.214. The molecule has 0 aliphatic rings.